The van der Waals surface area contributed by atoms with Gasteiger partial charge in [0.25, 0.3) is 0 Å². The number of rotatable bonds is 7. The topological polar surface area (TPSA) is 32.3 Å². The molecule has 1 heterocycles. The lowest BCUT2D eigenvalue weighted by atomic mass is 9.85. The first-order chi connectivity index (χ1) is 8.69. The summed E-state index contributed by atoms with van der Waals surface area (Å²) >= 11 is 0. The highest BCUT2D eigenvalue weighted by atomic mass is 35.5. The van der Waals surface area contributed by atoms with Crippen molar-refractivity contribution in [1.29, 1.82) is 0 Å². The molecule has 0 saturated carbocycles. The number of carbonyl (C=O) groups excluding carboxylic acids is 1. The average molecular weight is 287 g/mol. The number of hydrogen-bond acceptors (Lipinski definition) is 2. The van der Waals surface area contributed by atoms with Crippen LogP contribution in [0.1, 0.15) is 26.2 Å². The van der Waals surface area contributed by atoms with E-state index < -0.39 is 0 Å². The molecule has 1 aliphatic heterocycles. The van der Waals surface area contributed by atoms with Crippen molar-refractivity contribution in [3.05, 3.63) is 25.3 Å². The number of nitrogens with zero attached hydrogens (tertiary/aromatic N) is 1. The first kappa shape index (κ1) is 18.2. The molecule has 1 saturated heterocycles. The first-order valence-electron chi connectivity index (χ1n) is 6.89. The summed E-state index contributed by atoms with van der Waals surface area (Å²) in [7, 11) is 0. The summed E-state index contributed by atoms with van der Waals surface area (Å²) in [5.74, 6) is 1.30. The van der Waals surface area contributed by atoms with Crippen LogP contribution in [0.2, 0.25) is 0 Å². The van der Waals surface area contributed by atoms with Crippen LogP contribution in [0.4, 0.5) is 0 Å². The smallest absolute Gasteiger partial charge is 0.223 e. The Balaban J connectivity index is 0.00000324. The lowest BCUT2D eigenvalue weighted by Gasteiger charge is -2.29. The molecule has 0 bridgehead atoms. The second-order valence-corrected chi connectivity index (χ2v) is 5.16. The van der Waals surface area contributed by atoms with Gasteiger partial charge in [-0.25, -0.2) is 0 Å². The molecule has 1 rings (SSSR count). The molecule has 1 fully saturated rings. The van der Waals surface area contributed by atoms with Crippen molar-refractivity contribution in [2.45, 2.75) is 26.2 Å². The highest BCUT2D eigenvalue weighted by Crippen LogP contribution is 2.23. The SMILES string of the molecule is C=CCN(CC=C)C(=O)CC(C)C1CCCNC1.Cl. The molecule has 1 amide bonds. The maximum absolute atomic E-state index is 12.2. The van der Waals surface area contributed by atoms with E-state index in [9.17, 15) is 4.79 Å². The largest absolute Gasteiger partial charge is 0.335 e. The van der Waals surface area contributed by atoms with E-state index in [0.29, 0.717) is 31.3 Å². The summed E-state index contributed by atoms with van der Waals surface area (Å²) in [5, 5.41) is 3.41. The monoisotopic (exact) mass is 286 g/mol. The van der Waals surface area contributed by atoms with Crippen molar-refractivity contribution in [3.8, 4) is 0 Å². The number of carbonyl (C=O) groups is 1. The summed E-state index contributed by atoms with van der Waals surface area (Å²) in [6.07, 6.45) is 6.65. The van der Waals surface area contributed by atoms with Crippen LogP contribution in [0.3, 0.4) is 0 Å². The van der Waals surface area contributed by atoms with Crippen LogP contribution < -0.4 is 5.32 Å². The van der Waals surface area contributed by atoms with Crippen LogP contribution in [-0.4, -0.2) is 37.0 Å². The molecule has 0 aromatic rings. The lowest BCUT2D eigenvalue weighted by Crippen LogP contribution is -2.37. The second-order valence-electron chi connectivity index (χ2n) is 5.16. The molecule has 19 heavy (non-hydrogen) atoms. The van der Waals surface area contributed by atoms with Crippen molar-refractivity contribution in [2.24, 2.45) is 11.8 Å². The van der Waals surface area contributed by atoms with Crippen LogP contribution >= 0.6 is 12.4 Å². The third-order valence-corrected chi connectivity index (χ3v) is 3.69. The van der Waals surface area contributed by atoms with Gasteiger partial charge in [-0.1, -0.05) is 19.1 Å². The molecule has 4 heteroatoms. The zero-order valence-electron chi connectivity index (χ0n) is 11.9. The van der Waals surface area contributed by atoms with Gasteiger partial charge in [-0.15, -0.1) is 25.6 Å². The van der Waals surface area contributed by atoms with E-state index in [1.807, 2.05) is 4.90 Å². The fourth-order valence-electron chi connectivity index (χ4n) is 2.53. The molecule has 0 aromatic heterocycles. The molecule has 3 nitrogen and oxygen atoms in total. The quantitative estimate of drug-likeness (QED) is 0.730. The lowest BCUT2D eigenvalue weighted by molar-refractivity contribution is -0.131. The molecular formula is C15H27ClN2O. The zero-order valence-corrected chi connectivity index (χ0v) is 12.8. The normalized spacial score (nSPS) is 19.9. The fourth-order valence-corrected chi connectivity index (χ4v) is 2.53. The van der Waals surface area contributed by atoms with Gasteiger partial charge in [-0.2, -0.15) is 0 Å². The van der Waals surface area contributed by atoms with Crippen molar-refractivity contribution < 1.29 is 4.79 Å². The molecular weight excluding hydrogens is 260 g/mol. The third-order valence-electron chi connectivity index (χ3n) is 3.69. The number of hydrogen-bond donors (Lipinski definition) is 1. The van der Waals surface area contributed by atoms with Crippen LogP contribution in [0, 0.1) is 11.8 Å². The van der Waals surface area contributed by atoms with Gasteiger partial charge in [0.05, 0.1) is 0 Å². The number of piperidine rings is 1. The maximum Gasteiger partial charge on any atom is 0.223 e. The van der Waals surface area contributed by atoms with E-state index in [-0.39, 0.29) is 18.3 Å². The van der Waals surface area contributed by atoms with Crippen molar-refractivity contribution in [1.82, 2.24) is 10.2 Å². The summed E-state index contributed by atoms with van der Waals surface area (Å²) in [5.41, 5.74) is 0. The van der Waals surface area contributed by atoms with Gasteiger partial charge in [0, 0.05) is 19.5 Å². The Kier molecular flexibility index (Phi) is 9.62. The van der Waals surface area contributed by atoms with Gasteiger partial charge >= 0.3 is 0 Å². The van der Waals surface area contributed by atoms with Crippen molar-refractivity contribution >= 4 is 18.3 Å². The molecule has 110 valence electrons. The van der Waals surface area contributed by atoms with E-state index in [0.717, 1.165) is 13.1 Å². The number of halogens is 1. The molecule has 1 N–H and O–H groups in total. The van der Waals surface area contributed by atoms with Crippen LogP contribution in [0.25, 0.3) is 0 Å². The maximum atomic E-state index is 12.2. The molecule has 2 atom stereocenters. The Morgan fingerprint density at radius 1 is 1.42 bits per heavy atom. The predicted octanol–water partition coefficient (Wildman–Crippen LogP) is 2.63. The molecule has 0 aromatic carbocycles. The minimum absolute atomic E-state index is 0. The first-order valence-corrected chi connectivity index (χ1v) is 6.89. The Morgan fingerprint density at radius 2 is 2.05 bits per heavy atom. The van der Waals surface area contributed by atoms with Gasteiger partial charge < -0.3 is 10.2 Å². The molecule has 0 radical (unpaired) electrons. The Labute approximate surface area is 123 Å². The Morgan fingerprint density at radius 3 is 2.53 bits per heavy atom. The summed E-state index contributed by atoms with van der Waals surface area (Å²) in [6.45, 7) is 13.0. The van der Waals surface area contributed by atoms with Crippen LogP contribution in [0.15, 0.2) is 25.3 Å². The van der Waals surface area contributed by atoms with Gasteiger partial charge in [0.1, 0.15) is 0 Å². The van der Waals surface area contributed by atoms with Crippen LogP contribution in [0.5, 0.6) is 0 Å². The Bertz CT molecular complexity index is 278. The van der Waals surface area contributed by atoms with E-state index >= 15 is 0 Å². The fraction of sp³-hybridized carbons (Fsp3) is 0.667. The van der Waals surface area contributed by atoms with E-state index in [4.69, 9.17) is 0 Å². The van der Waals surface area contributed by atoms with E-state index in [1.165, 1.54) is 12.8 Å². The highest BCUT2D eigenvalue weighted by molar-refractivity contribution is 5.85. The molecule has 0 aliphatic carbocycles. The number of nitrogens with one attached hydrogen (secondary N) is 1. The zero-order chi connectivity index (χ0) is 13.4. The van der Waals surface area contributed by atoms with E-state index in [1.54, 1.807) is 12.2 Å². The summed E-state index contributed by atoms with van der Waals surface area (Å²) in [4.78, 5) is 14.0. The van der Waals surface area contributed by atoms with E-state index in [2.05, 4.69) is 25.4 Å². The predicted molar refractivity (Wildman–Crippen MR) is 83.6 cm³/mol. The van der Waals surface area contributed by atoms with Gasteiger partial charge in [-0.3, -0.25) is 4.79 Å². The summed E-state index contributed by atoms with van der Waals surface area (Å²) in [6, 6.07) is 0. The summed E-state index contributed by atoms with van der Waals surface area (Å²) < 4.78 is 0. The van der Waals surface area contributed by atoms with Crippen molar-refractivity contribution in [2.75, 3.05) is 26.2 Å². The third kappa shape index (κ3) is 6.26. The average Bonchev–Trinajstić information content (AvgIpc) is 2.39. The minimum atomic E-state index is 0. The standard InChI is InChI=1S/C15H26N2O.ClH/c1-4-9-17(10-5-2)15(18)11-13(3)14-7-6-8-16-12-14;/h4-5,13-14,16H,1-2,6-12H2,3H3;1H. The van der Waals surface area contributed by atoms with Gasteiger partial charge in [-0.05, 0) is 37.8 Å². The van der Waals surface area contributed by atoms with Gasteiger partial charge in [0.2, 0.25) is 5.91 Å². The Hall–Kier alpha value is -0.800. The van der Waals surface area contributed by atoms with Crippen LogP contribution in [-0.2, 0) is 4.79 Å². The molecule has 2 unspecified atom stereocenters. The second kappa shape index (κ2) is 10.0. The van der Waals surface area contributed by atoms with Crippen molar-refractivity contribution in [3.63, 3.8) is 0 Å². The number of amides is 1. The highest BCUT2D eigenvalue weighted by Gasteiger charge is 2.23. The minimum Gasteiger partial charge on any atom is -0.335 e. The molecule has 0 spiro atoms. The molecule has 1 aliphatic rings. The van der Waals surface area contributed by atoms with Gasteiger partial charge in [0.15, 0.2) is 0 Å².